The smallest absolute Gasteiger partial charge is 0.166 e. The number of nitrogens with zero attached hydrogens (tertiary/aromatic N) is 1. The standard InChI is InChI=1S/C24H37NO3/c1-5-18(2)24(27)22-11-10-21(17-23(22)19(3)26)28-16-8-6-7-9-20-12-14-25(4)15-13-20/h10-11,17-18,20H,5-9,12-16H2,1-4H3. The van der Waals surface area contributed by atoms with Gasteiger partial charge in [0, 0.05) is 17.0 Å². The summed E-state index contributed by atoms with van der Waals surface area (Å²) in [7, 11) is 2.21. The number of hydrogen-bond donors (Lipinski definition) is 0. The van der Waals surface area contributed by atoms with Gasteiger partial charge in [0.1, 0.15) is 5.75 Å². The van der Waals surface area contributed by atoms with Crippen molar-refractivity contribution in [3.05, 3.63) is 29.3 Å². The predicted octanol–water partition coefficient (Wildman–Crippen LogP) is 5.40. The maximum atomic E-state index is 12.5. The summed E-state index contributed by atoms with van der Waals surface area (Å²) in [4.78, 5) is 26.9. The van der Waals surface area contributed by atoms with E-state index in [1.165, 1.54) is 52.1 Å². The van der Waals surface area contributed by atoms with Crippen molar-refractivity contribution in [1.29, 1.82) is 0 Å². The van der Waals surface area contributed by atoms with Crippen molar-refractivity contribution < 1.29 is 14.3 Å². The molecule has 28 heavy (non-hydrogen) atoms. The quantitative estimate of drug-likeness (QED) is 0.377. The molecule has 1 atom stereocenters. The first-order valence-electron chi connectivity index (χ1n) is 10.9. The fraction of sp³-hybridized carbons (Fsp3) is 0.667. The second-order valence-corrected chi connectivity index (χ2v) is 8.38. The minimum Gasteiger partial charge on any atom is -0.494 e. The highest BCUT2D eigenvalue weighted by molar-refractivity contribution is 6.09. The van der Waals surface area contributed by atoms with Crippen LogP contribution in [0.1, 0.15) is 86.4 Å². The van der Waals surface area contributed by atoms with E-state index in [0.29, 0.717) is 23.5 Å². The molecule has 0 saturated carbocycles. The highest BCUT2D eigenvalue weighted by Crippen LogP contribution is 2.24. The number of rotatable bonds is 11. The number of Topliss-reactive ketones (excluding diaryl/α,β-unsaturated/α-hetero) is 2. The van der Waals surface area contributed by atoms with Gasteiger partial charge >= 0.3 is 0 Å². The molecule has 156 valence electrons. The SMILES string of the molecule is CCC(C)C(=O)c1ccc(OCCCCCC2CCN(C)CC2)cc1C(C)=O. The third-order valence-electron chi connectivity index (χ3n) is 6.06. The second-order valence-electron chi connectivity index (χ2n) is 8.38. The summed E-state index contributed by atoms with van der Waals surface area (Å²) in [5, 5.41) is 0. The fourth-order valence-electron chi connectivity index (χ4n) is 3.82. The number of likely N-dealkylation sites (tertiary alicyclic amines) is 1. The molecule has 4 heteroatoms. The monoisotopic (exact) mass is 387 g/mol. The van der Waals surface area contributed by atoms with Crippen molar-refractivity contribution in [2.45, 2.75) is 65.7 Å². The zero-order valence-corrected chi connectivity index (χ0v) is 18.1. The van der Waals surface area contributed by atoms with E-state index < -0.39 is 0 Å². The molecule has 1 saturated heterocycles. The first-order valence-corrected chi connectivity index (χ1v) is 10.9. The molecule has 4 nitrogen and oxygen atoms in total. The topological polar surface area (TPSA) is 46.6 Å². The van der Waals surface area contributed by atoms with E-state index in [2.05, 4.69) is 11.9 Å². The highest BCUT2D eigenvalue weighted by atomic mass is 16.5. The number of unbranched alkanes of at least 4 members (excludes halogenated alkanes) is 2. The Balaban J connectivity index is 1.77. The molecule has 0 aromatic heterocycles. The summed E-state index contributed by atoms with van der Waals surface area (Å²) >= 11 is 0. The van der Waals surface area contributed by atoms with Crippen LogP contribution in [-0.2, 0) is 0 Å². The average Bonchev–Trinajstić information content (AvgIpc) is 2.70. The molecule has 1 fully saturated rings. The lowest BCUT2D eigenvalue weighted by atomic mass is 9.91. The van der Waals surface area contributed by atoms with Crippen LogP contribution in [-0.4, -0.2) is 43.2 Å². The minimum atomic E-state index is -0.0878. The van der Waals surface area contributed by atoms with Gasteiger partial charge in [-0.1, -0.05) is 33.1 Å². The average molecular weight is 388 g/mol. The van der Waals surface area contributed by atoms with Gasteiger partial charge in [-0.3, -0.25) is 9.59 Å². The van der Waals surface area contributed by atoms with E-state index in [0.717, 1.165) is 18.8 Å². The Morgan fingerprint density at radius 3 is 2.50 bits per heavy atom. The van der Waals surface area contributed by atoms with Crippen molar-refractivity contribution in [3.63, 3.8) is 0 Å². The summed E-state index contributed by atoms with van der Waals surface area (Å²) in [6.07, 6.45) is 8.23. The van der Waals surface area contributed by atoms with Crippen LogP contribution >= 0.6 is 0 Å². The Bertz CT molecular complexity index is 647. The third-order valence-corrected chi connectivity index (χ3v) is 6.06. The zero-order chi connectivity index (χ0) is 20.5. The van der Waals surface area contributed by atoms with Crippen molar-refractivity contribution in [3.8, 4) is 5.75 Å². The van der Waals surface area contributed by atoms with Gasteiger partial charge in [0.2, 0.25) is 0 Å². The normalized spacial score (nSPS) is 16.7. The maximum absolute atomic E-state index is 12.5. The fourth-order valence-corrected chi connectivity index (χ4v) is 3.82. The number of hydrogen-bond acceptors (Lipinski definition) is 4. The number of carbonyl (C=O) groups excluding carboxylic acids is 2. The molecular weight excluding hydrogens is 350 g/mol. The van der Waals surface area contributed by atoms with Crippen molar-refractivity contribution in [1.82, 2.24) is 4.90 Å². The van der Waals surface area contributed by atoms with Gasteiger partial charge in [0.15, 0.2) is 11.6 Å². The molecule has 0 amide bonds. The molecule has 0 spiro atoms. The molecule has 0 aliphatic carbocycles. The van der Waals surface area contributed by atoms with E-state index >= 15 is 0 Å². The zero-order valence-electron chi connectivity index (χ0n) is 18.1. The van der Waals surface area contributed by atoms with Crippen LogP contribution < -0.4 is 4.74 Å². The van der Waals surface area contributed by atoms with Crippen LogP contribution in [0.15, 0.2) is 18.2 Å². The van der Waals surface area contributed by atoms with E-state index in [9.17, 15) is 9.59 Å². The number of piperidine rings is 1. The molecule has 0 N–H and O–H groups in total. The maximum Gasteiger partial charge on any atom is 0.166 e. The summed E-state index contributed by atoms with van der Waals surface area (Å²) in [6, 6.07) is 5.30. The molecule has 0 bridgehead atoms. The van der Waals surface area contributed by atoms with Crippen molar-refractivity contribution in [2.75, 3.05) is 26.7 Å². The lowest BCUT2D eigenvalue weighted by Crippen LogP contribution is -2.30. The Morgan fingerprint density at radius 2 is 1.86 bits per heavy atom. The number of ketones is 2. The Labute approximate surface area is 170 Å². The molecule has 2 rings (SSSR count). The van der Waals surface area contributed by atoms with Crippen molar-refractivity contribution >= 4 is 11.6 Å². The van der Waals surface area contributed by atoms with E-state index in [4.69, 9.17) is 4.74 Å². The van der Waals surface area contributed by atoms with Gasteiger partial charge in [0.25, 0.3) is 0 Å². The van der Waals surface area contributed by atoms with Crippen LogP contribution in [0, 0.1) is 11.8 Å². The number of carbonyl (C=O) groups is 2. The minimum absolute atomic E-state index is 0.0353. The molecule has 1 aromatic rings. The van der Waals surface area contributed by atoms with Gasteiger partial charge in [-0.2, -0.15) is 0 Å². The molecule has 1 heterocycles. The van der Waals surface area contributed by atoms with E-state index in [1.807, 2.05) is 19.9 Å². The van der Waals surface area contributed by atoms with Gasteiger partial charge in [-0.05, 0) is 76.9 Å². The molecular formula is C24H37NO3. The van der Waals surface area contributed by atoms with Gasteiger partial charge < -0.3 is 9.64 Å². The Kier molecular flexibility index (Phi) is 9.17. The van der Waals surface area contributed by atoms with Crippen LogP contribution in [0.5, 0.6) is 5.75 Å². The largest absolute Gasteiger partial charge is 0.494 e. The van der Waals surface area contributed by atoms with E-state index in [-0.39, 0.29) is 17.5 Å². The summed E-state index contributed by atoms with van der Waals surface area (Å²) in [6.45, 7) is 8.53. The predicted molar refractivity (Wildman–Crippen MR) is 114 cm³/mol. The lowest BCUT2D eigenvalue weighted by Gasteiger charge is -2.28. The Hall–Kier alpha value is -1.68. The van der Waals surface area contributed by atoms with Crippen LogP contribution in [0.3, 0.4) is 0 Å². The highest BCUT2D eigenvalue weighted by Gasteiger charge is 2.20. The van der Waals surface area contributed by atoms with E-state index in [1.54, 1.807) is 12.1 Å². The molecule has 1 aliphatic heterocycles. The Morgan fingerprint density at radius 1 is 1.14 bits per heavy atom. The van der Waals surface area contributed by atoms with Gasteiger partial charge in [0.05, 0.1) is 6.61 Å². The van der Waals surface area contributed by atoms with Crippen LogP contribution in [0.25, 0.3) is 0 Å². The summed E-state index contributed by atoms with van der Waals surface area (Å²) in [5.41, 5.74) is 0.998. The lowest BCUT2D eigenvalue weighted by molar-refractivity contribution is 0.0915. The molecule has 1 unspecified atom stereocenters. The molecule has 0 radical (unpaired) electrons. The summed E-state index contributed by atoms with van der Waals surface area (Å²) in [5.74, 6) is 1.45. The van der Waals surface area contributed by atoms with Crippen LogP contribution in [0.2, 0.25) is 0 Å². The molecule has 1 aliphatic rings. The van der Waals surface area contributed by atoms with Gasteiger partial charge in [-0.25, -0.2) is 0 Å². The first kappa shape index (κ1) is 22.6. The van der Waals surface area contributed by atoms with Crippen LogP contribution in [0.4, 0.5) is 0 Å². The van der Waals surface area contributed by atoms with Gasteiger partial charge in [-0.15, -0.1) is 0 Å². The number of benzene rings is 1. The number of ether oxygens (including phenoxy) is 1. The first-order chi connectivity index (χ1) is 13.4. The third kappa shape index (κ3) is 6.73. The molecule has 1 aromatic carbocycles. The van der Waals surface area contributed by atoms with Crippen molar-refractivity contribution in [2.24, 2.45) is 11.8 Å². The second kappa shape index (κ2) is 11.4. The summed E-state index contributed by atoms with van der Waals surface area (Å²) < 4.78 is 5.85.